The molecule has 3 heterocycles. The van der Waals surface area contributed by atoms with Crippen molar-refractivity contribution >= 4 is 23.4 Å². The van der Waals surface area contributed by atoms with Gasteiger partial charge < -0.3 is 19.4 Å². The first-order valence-electron chi connectivity index (χ1n) is 9.27. The summed E-state index contributed by atoms with van der Waals surface area (Å²) in [6.07, 6.45) is 1.59. The van der Waals surface area contributed by atoms with E-state index in [1.54, 1.807) is 0 Å². The fourth-order valence-electron chi connectivity index (χ4n) is 4.57. The summed E-state index contributed by atoms with van der Waals surface area (Å²) < 4.78 is 5.18. The second kappa shape index (κ2) is 6.24. The maximum atomic E-state index is 12.7. The Bertz CT molecular complexity index is 705. The van der Waals surface area contributed by atoms with Crippen molar-refractivity contribution in [1.82, 2.24) is 4.90 Å². The van der Waals surface area contributed by atoms with Gasteiger partial charge in [0.25, 0.3) is 0 Å². The van der Waals surface area contributed by atoms with Crippen molar-refractivity contribution in [2.75, 3.05) is 42.6 Å². The number of carbonyl (C=O) groups excluding carboxylic acids is 2. The molecule has 6 heteroatoms. The number of amides is 2. The molecule has 0 bridgehead atoms. The highest BCUT2D eigenvalue weighted by atomic mass is 16.6. The summed E-state index contributed by atoms with van der Waals surface area (Å²) in [4.78, 5) is 30.8. The van der Waals surface area contributed by atoms with Gasteiger partial charge in [0.15, 0.2) is 0 Å². The van der Waals surface area contributed by atoms with Crippen LogP contribution in [0.3, 0.4) is 0 Å². The van der Waals surface area contributed by atoms with E-state index in [2.05, 4.69) is 24.0 Å². The van der Waals surface area contributed by atoms with Gasteiger partial charge in [-0.05, 0) is 31.4 Å². The lowest BCUT2D eigenvalue weighted by Gasteiger charge is -2.41. The average molecular weight is 343 g/mol. The fourth-order valence-corrected chi connectivity index (χ4v) is 4.57. The third-order valence-corrected chi connectivity index (χ3v) is 5.58. The molecule has 3 aliphatic heterocycles. The summed E-state index contributed by atoms with van der Waals surface area (Å²) in [5.41, 5.74) is 3.51. The van der Waals surface area contributed by atoms with Crippen LogP contribution in [0, 0.1) is 0 Å². The number of rotatable bonds is 3. The van der Waals surface area contributed by atoms with E-state index in [9.17, 15) is 9.59 Å². The molecule has 0 aliphatic carbocycles. The fraction of sp³-hybridized carbons (Fsp3) is 0.579. The number of likely N-dealkylation sites (tertiary alicyclic amines) is 1. The number of hydrogen-bond acceptors (Lipinski definition) is 4. The Morgan fingerprint density at radius 1 is 1.32 bits per heavy atom. The smallest absolute Gasteiger partial charge is 0.409 e. The minimum Gasteiger partial charge on any atom is -0.450 e. The number of carbonyl (C=O) groups is 2. The number of piperidine rings is 1. The topological polar surface area (TPSA) is 53.1 Å². The van der Waals surface area contributed by atoms with Crippen LogP contribution in [0.2, 0.25) is 0 Å². The molecule has 6 nitrogen and oxygen atoms in total. The highest BCUT2D eigenvalue weighted by Crippen LogP contribution is 2.50. The third-order valence-electron chi connectivity index (χ3n) is 5.58. The molecule has 0 saturated carbocycles. The number of hydrogen-bond donors (Lipinski definition) is 0. The first-order chi connectivity index (χ1) is 12.2. The van der Waals surface area contributed by atoms with E-state index in [1.807, 2.05) is 22.8 Å². The molecular formula is C19H25N3O3. The maximum Gasteiger partial charge on any atom is 0.409 e. The number of para-hydroxylation sites is 1. The molecule has 4 rings (SSSR count). The Morgan fingerprint density at radius 2 is 2.16 bits per heavy atom. The zero-order valence-electron chi connectivity index (χ0n) is 14.9. The van der Waals surface area contributed by atoms with Crippen LogP contribution in [0.1, 0.15) is 38.2 Å². The van der Waals surface area contributed by atoms with Gasteiger partial charge in [-0.25, -0.2) is 4.79 Å². The average Bonchev–Trinajstić information content (AvgIpc) is 2.93. The Balaban J connectivity index is 1.68. The minimum absolute atomic E-state index is 0.181. The van der Waals surface area contributed by atoms with Crippen molar-refractivity contribution in [3.8, 4) is 0 Å². The van der Waals surface area contributed by atoms with Crippen molar-refractivity contribution in [2.24, 2.45) is 0 Å². The van der Waals surface area contributed by atoms with Crippen molar-refractivity contribution in [2.45, 2.75) is 38.6 Å². The Morgan fingerprint density at radius 3 is 2.92 bits per heavy atom. The molecule has 0 radical (unpaired) electrons. The first-order valence-corrected chi connectivity index (χ1v) is 9.27. The molecule has 1 saturated heterocycles. The van der Waals surface area contributed by atoms with Gasteiger partial charge in [-0.2, -0.15) is 0 Å². The van der Waals surface area contributed by atoms with E-state index in [0.717, 1.165) is 25.1 Å². The summed E-state index contributed by atoms with van der Waals surface area (Å²) in [6.45, 7) is 6.89. The van der Waals surface area contributed by atoms with Crippen molar-refractivity contribution < 1.29 is 14.3 Å². The van der Waals surface area contributed by atoms with E-state index < -0.39 is 0 Å². The lowest BCUT2D eigenvalue weighted by Crippen LogP contribution is -2.52. The van der Waals surface area contributed by atoms with Crippen LogP contribution in [0.25, 0.3) is 0 Å². The number of nitrogens with zero attached hydrogens (tertiary/aromatic N) is 3. The van der Waals surface area contributed by atoms with Gasteiger partial charge in [0, 0.05) is 31.6 Å². The predicted molar refractivity (Wildman–Crippen MR) is 96.2 cm³/mol. The number of anilines is 2. The molecule has 2 unspecified atom stereocenters. The molecule has 0 spiro atoms. The third kappa shape index (κ3) is 2.46. The summed E-state index contributed by atoms with van der Waals surface area (Å²) >= 11 is 0. The van der Waals surface area contributed by atoms with E-state index >= 15 is 0 Å². The Hall–Kier alpha value is -2.24. The summed E-state index contributed by atoms with van der Waals surface area (Å²) in [5.74, 6) is 0.433. The standard InChI is InChI=1S/C19H25N3O3/c1-3-9-21-16-7-5-6-13-14-11-20(19(24)25-4-2)10-8-15(14)22(18(13)16)12-17(21)23/h5-7,14-15H,3-4,8-12H2,1-2H3. The Kier molecular flexibility index (Phi) is 4.06. The van der Waals surface area contributed by atoms with Gasteiger partial charge in [0.2, 0.25) is 5.91 Å². The number of fused-ring (bicyclic) bond motifs is 3. The van der Waals surface area contributed by atoms with Gasteiger partial charge in [0.1, 0.15) is 0 Å². The monoisotopic (exact) mass is 343 g/mol. The summed E-state index contributed by atoms with van der Waals surface area (Å²) in [7, 11) is 0. The highest BCUT2D eigenvalue weighted by molar-refractivity contribution is 6.05. The highest BCUT2D eigenvalue weighted by Gasteiger charge is 2.47. The van der Waals surface area contributed by atoms with E-state index in [0.29, 0.717) is 32.3 Å². The van der Waals surface area contributed by atoms with Gasteiger partial charge in [-0.1, -0.05) is 19.1 Å². The van der Waals surface area contributed by atoms with Gasteiger partial charge >= 0.3 is 6.09 Å². The predicted octanol–water partition coefficient (Wildman–Crippen LogP) is 2.58. The van der Waals surface area contributed by atoms with Crippen LogP contribution >= 0.6 is 0 Å². The SMILES string of the molecule is CCCN1C(=O)CN2c3c(cccc31)C1CN(C(=O)OCC)CCC12. The molecule has 1 aromatic carbocycles. The van der Waals surface area contributed by atoms with Crippen LogP contribution in [0.5, 0.6) is 0 Å². The number of benzene rings is 1. The molecule has 1 fully saturated rings. The zero-order valence-corrected chi connectivity index (χ0v) is 14.9. The van der Waals surface area contributed by atoms with Crippen molar-refractivity contribution in [3.63, 3.8) is 0 Å². The van der Waals surface area contributed by atoms with E-state index in [4.69, 9.17) is 4.74 Å². The van der Waals surface area contributed by atoms with Gasteiger partial charge in [-0.15, -0.1) is 0 Å². The van der Waals surface area contributed by atoms with Crippen LogP contribution in [-0.2, 0) is 9.53 Å². The quantitative estimate of drug-likeness (QED) is 0.846. The number of ether oxygens (including phenoxy) is 1. The maximum absolute atomic E-state index is 12.7. The molecule has 2 atom stereocenters. The van der Waals surface area contributed by atoms with Crippen molar-refractivity contribution in [1.29, 1.82) is 0 Å². The van der Waals surface area contributed by atoms with Crippen LogP contribution in [-0.4, -0.2) is 55.7 Å². The van der Waals surface area contributed by atoms with Gasteiger partial charge in [-0.3, -0.25) is 4.79 Å². The molecule has 3 aliphatic rings. The second-order valence-corrected chi connectivity index (χ2v) is 7.00. The molecule has 2 amide bonds. The summed E-state index contributed by atoms with van der Waals surface area (Å²) in [5, 5.41) is 0. The normalized spacial score (nSPS) is 24.2. The second-order valence-electron chi connectivity index (χ2n) is 7.00. The molecular weight excluding hydrogens is 318 g/mol. The molecule has 134 valence electrons. The molecule has 0 aromatic heterocycles. The lowest BCUT2D eigenvalue weighted by molar-refractivity contribution is -0.117. The van der Waals surface area contributed by atoms with Crippen LogP contribution in [0.15, 0.2) is 18.2 Å². The minimum atomic E-state index is -0.226. The summed E-state index contributed by atoms with van der Waals surface area (Å²) in [6, 6.07) is 6.55. The van der Waals surface area contributed by atoms with Gasteiger partial charge in [0.05, 0.1) is 24.5 Å². The molecule has 25 heavy (non-hydrogen) atoms. The van der Waals surface area contributed by atoms with E-state index in [-0.39, 0.29) is 17.9 Å². The lowest BCUT2D eigenvalue weighted by atomic mass is 9.89. The zero-order chi connectivity index (χ0) is 17.6. The van der Waals surface area contributed by atoms with Crippen LogP contribution < -0.4 is 9.80 Å². The largest absolute Gasteiger partial charge is 0.450 e. The van der Waals surface area contributed by atoms with E-state index in [1.165, 1.54) is 11.3 Å². The van der Waals surface area contributed by atoms with Crippen LogP contribution in [0.4, 0.5) is 16.2 Å². The molecule has 1 aromatic rings. The Labute approximate surface area is 148 Å². The molecule has 0 N–H and O–H groups in total. The van der Waals surface area contributed by atoms with Crippen molar-refractivity contribution in [3.05, 3.63) is 23.8 Å². The first kappa shape index (κ1) is 16.2.